The van der Waals surface area contributed by atoms with Gasteiger partial charge in [0.1, 0.15) is 5.82 Å². The van der Waals surface area contributed by atoms with Gasteiger partial charge in [0.15, 0.2) is 5.03 Å². The Balaban J connectivity index is 1.74. The third-order valence-electron chi connectivity index (χ3n) is 3.76. The standard InChI is InChI=1S/C19H16FN3O2S/c1-22(15-5-3-2-4-6-15)17(24)13-26-18-19(25)23(12-11-21-18)16-9-7-14(20)8-10-16/h2-12H,13H2,1H3. The van der Waals surface area contributed by atoms with E-state index in [9.17, 15) is 14.0 Å². The Morgan fingerprint density at radius 1 is 1.15 bits per heavy atom. The van der Waals surface area contributed by atoms with Crippen molar-refractivity contribution < 1.29 is 9.18 Å². The fourth-order valence-corrected chi connectivity index (χ4v) is 3.13. The number of carbonyl (C=O) groups is 1. The molecule has 0 spiro atoms. The van der Waals surface area contributed by atoms with Gasteiger partial charge in [-0.1, -0.05) is 30.0 Å². The summed E-state index contributed by atoms with van der Waals surface area (Å²) in [5.74, 6) is -0.430. The van der Waals surface area contributed by atoms with E-state index < -0.39 is 0 Å². The van der Waals surface area contributed by atoms with Crippen LogP contribution in [0.2, 0.25) is 0 Å². The molecule has 0 aliphatic carbocycles. The van der Waals surface area contributed by atoms with Crippen LogP contribution in [0.4, 0.5) is 10.1 Å². The van der Waals surface area contributed by atoms with Crippen LogP contribution in [0.25, 0.3) is 5.69 Å². The molecule has 0 bridgehead atoms. The molecule has 7 heteroatoms. The molecule has 0 saturated heterocycles. The van der Waals surface area contributed by atoms with E-state index >= 15 is 0 Å². The van der Waals surface area contributed by atoms with Crippen molar-refractivity contribution in [2.75, 3.05) is 17.7 Å². The summed E-state index contributed by atoms with van der Waals surface area (Å²) in [6.45, 7) is 0. The SMILES string of the molecule is CN(C(=O)CSc1nccn(-c2ccc(F)cc2)c1=O)c1ccccc1. The lowest BCUT2D eigenvalue weighted by Gasteiger charge is -2.16. The van der Waals surface area contributed by atoms with Crippen LogP contribution in [0, 0.1) is 5.82 Å². The molecule has 1 aromatic heterocycles. The van der Waals surface area contributed by atoms with Gasteiger partial charge < -0.3 is 4.90 Å². The number of anilines is 1. The van der Waals surface area contributed by atoms with Crippen molar-refractivity contribution >= 4 is 23.4 Å². The topological polar surface area (TPSA) is 55.2 Å². The monoisotopic (exact) mass is 369 g/mol. The van der Waals surface area contributed by atoms with Crippen molar-refractivity contribution in [1.29, 1.82) is 0 Å². The van der Waals surface area contributed by atoms with Gasteiger partial charge in [0.05, 0.1) is 5.75 Å². The Morgan fingerprint density at radius 3 is 2.54 bits per heavy atom. The predicted octanol–water partition coefficient (Wildman–Crippen LogP) is 3.13. The molecule has 3 rings (SSSR count). The van der Waals surface area contributed by atoms with E-state index in [1.54, 1.807) is 7.05 Å². The summed E-state index contributed by atoms with van der Waals surface area (Å²) in [5.41, 5.74) is 0.968. The molecular formula is C19H16FN3O2S. The van der Waals surface area contributed by atoms with E-state index in [4.69, 9.17) is 0 Å². The maximum Gasteiger partial charge on any atom is 0.287 e. The molecule has 132 valence electrons. The summed E-state index contributed by atoms with van der Waals surface area (Å²) in [5, 5.41) is 0.214. The number of para-hydroxylation sites is 1. The first-order valence-electron chi connectivity index (χ1n) is 7.84. The smallest absolute Gasteiger partial charge is 0.287 e. The number of rotatable bonds is 5. The van der Waals surface area contributed by atoms with Gasteiger partial charge in [-0.2, -0.15) is 0 Å². The summed E-state index contributed by atoms with van der Waals surface area (Å²) in [4.78, 5) is 30.5. The molecule has 0 unspecified atom stereocenters. The molecule has 0 aliphatic rings. The van der Waals surface area contributed by atoms with Crippen LogP contribution < -0.4 is 10.5 Å². The minimum atomic E-state index is -0.375. The number of halogens is 1. The third-order valence-corrected chi connectivity index (χ3v) is 4.71. The second kappa shape index (κ2) is 7.97. The number of thioether (sulfide) groups is 1. The quantitative estimate of drug-likeness (QED) is 0.649. The van der Waals surface area contributed by atoms with Crippen molar-refractivity contribution in [3.63, 3.8) is 0 Å². The van der Waals surface area contributed by atoms with Crippen molar-refractivity contribution in [2.24, 2.45) is 0 Å². The lowest BCUT2D eigenvalue weighted by atomic mass is 10.3. The minimum Gasteiger partial charge on any atom is -0.315 e. The van der Waals surface area contributed by atoms with Crippen molar-refractivity contribution in [3.8, 4) is 5.69 Å². The van der Waals surface area contributed by atoms with E-state index in [-0.39, 0.29) is 28.1 Å². The van der Waals surface area contributed by atoms with Gasteiger partial charge in [-0.3, -0.25) is 14.2 Å². The zero-order valence-corrected chi connectivity index (χ0v) is 14.8. The lowest BCUT2D eigenvalue weighted by Crippen LogP contribution is -2.28. The van der Waals surface area contributed by atoms with Crippen LogP contribution in [0.15, 0.2) is 76.8 Å². The first kappa shape index (κ1) is 17.9. The fraction of sp³-hybridized carbons (Fsp3) is 0.105. The molecule has 2 aromatic carbocycles. The van der Waals surface area contributed by atoms with Crippen LogP contribution >= 0.6 is 11.8 Å². The highest BCUT2D eigenvalue weighted by molar-refractivity contribution is 7.99. The van der Waals surface area contributed by atoms with Crippen molar-refractivity contribution in [1.82, 2.24) is 9.55 Å². The Bertz CT molecular complexity index is 959. The van der Waals surface area contributed by atoms with Crippen LogP contribution in [-0.2, 0) is 4.79 Å². The summed E-state index contributed by atoms with van der Waals surface area (Å²) < 4.78 is 14.4. The van der Waals surface area contributed by atoms with E-state index in [0.717, 1.165) is 17.4 Å². The Kier molecular flexibility index (Phi) is 5.48. The molecule has 0 radical (unpaired) electrons. The molecular weight excluding hydrogens is 353 g/mol. The number of aromatic nitrogens is 2. The van der Waals surface area contributed by atoms with Gasteiger partial charge in [0.25, 0.3) is 5.56 Å². The molecule has 1 amide bonds. The van der Waals surface area contributed by atoms with Gasteiger partial charge in [0, 0.05) is 30.8 Å². The molecule has 3 aromatic rings. The van der Waals surface area contributed by atoms with Gasteiger partial charge in [-0.05, 0) is 36.4 Å². The van der Waals surface area contributed by atoms with Crippen LogP contribution in [0.3, 0.4) is 0 Å². The van der Waals surface area contributed by atoms with E-state index in [1.165, 1.54) is 46.1 Å². The summed E-state index contributed by atoms with van der Waals surface area (Å²) in [6.07, 6.45) is 3.00. The molecule has 0 saturated carbocycles. The number of hydrogen-bond donors (Lipinski definition) is 0. The maximum atomic E-state index is 13.1. The Hall–Kier alpha value is -2.93. The minimum absolute atomic E-state index is 0.0844. The Labute approximate surface area is 154 Å². The van der Waals surface area contributed by atoms with Crippen LogP contribution in [0.5, 0.6) is 0 Å². The van der Waals surface area contributed by atoms with Crippen molar-refractivity contribution in [2.45, 2.75) is 5.03 Å². The molecule has 5 nitrogen and oxygen atoms in total. The van der Waals surface area contributed by atoms with Crippen molar-refractivity contribution in [3.05, 3.63) is 83.2 Å². The lowest BCUT2D eigenvalue weighted by molar-refractivity contribution is -0.115. The molecule has 1 heterocycles. The normalized spacial score (nSPS) is 10.5. The van der Waals surface area contributed by atoms with Crippen LogP contribution in [0.1, 0.15) is 0 Å². The zero-order valence-electron chi connectivity index (χ0n) is 14.0. The second-order valence-electron chi connectivity index (χ2n) is 5.46. The zero-order chi connectivity index (χ0) is 18.5. The predicted molar refractivity (Wildman–Crippen MR) is 100 cm³/mol. The average Bonchev–Trinajstić information content (AvgIpc) is 2.68. The highest BCUT2D eigenvalue weighted by atomic mass is 32.2. The summed E-state index contributed by atoms with van der Waals surface area (Å²) in [6, 6.07) is 14.9. The molecule has 0 aliphatic heterocycles. The number of benzene rings is 2. The highest BCUT2D eigenvalue weighted by Crippen LogP contribution is 2.16. The maximum absolute atomic E-state index is 13.1. The number of hydrogen-bond acceptors (Lipinski definition) is 4. The molecule has 0 N–H and O–H groups in total. The van der Waals surface area contributed by atoms with Gasteiger partial charge in [-0.15, -0.1) is 0 Å². The number of carbonyl (C=O) groups excluding carboxylic acids is 1. The van der Waals surface area contributed by atoms with E-state index in [1.807, 2.05) is 30.3 Å². The number of amides is 1. The van der Waals surface area contributed by atoms with Gasteiger partial charge in [-0.25, -0.2) is 9.37 Å². The molecule has 26 heavy (non-hydrogen) atoms. The average molecular weight is 369 g/mol. The van der Waals surface area contributed by atoms with E-state index in [2.05, 4.69) is 4.98 Å². The third kappa shape index (κ3) is 4.00. The van der Waals surface area contributed by atoms with Crippen LogP contribution in [-0.4, -0.2) is 28.3 Å². The first-order valence-corrected chi connectivity index (χ1v) is 8.83. The summed E-state index contributed by atoms with van der Waals surface area (Å²) >= 11 is 1.08. The largest absolute Gasteiger partial charge is 0.315 e. The van der Waals surface area contributed by atoms with Gasteiger partial charge in [0.2, 0.25) is 5.91 Å². The molecule has 0 fully saturated rings. The Morgan fingerprint density at radius 2 is 1.85 bits per heavy atom. The van der Waals surface area contributed by atoms with E-state index in [0.29, 0.717) is 5.69 Å². The summed E-state index contributed by atoms with van der Waals surface area (Å²) in [7, 11) is 1.69. The second-order valence-corrected chi connectivity index (χ2v) is 6.42. The number of nitrogens with zero attached hydrogens (tertiary/aromatic N) is 3. The highest BCUT2D eigenvalue weighted by Gasteiger charge is 2.14. The molecule has 0 atom stereocenters. The fourth-order valence-electron chi connectivity index (χ4n) is 2.32. The van der Waals surface area contributed by atoms with Gasteiger partial charge >= 0.3 is 0 Å². The first-order chi connectivity index (χ1) is 12.6.